The van der Waals surface area contributed by atoms with Gasteiger partial charge in [-0.3, -0.25) is 4.98 Å². The third-order valence-electron chi connectivity index (χ3n) is 1.76. The average Bonchev–Trinajstić information content (AvgIpc) is 2.12. The van der Waals surface area contributed by atoms with Crippen LogP contribution in [0.25, 0.3) is 0 Å². The second kappa shape index (κ2) is 4.76. The smallest absolute Gasteiger partial charge is 0.433 e. The predicted molar refractivity (Wildman–Crippen MR) is 59.4 cm³/mol. The first kappa shape index (κ1) is 14.8. The summed E-state index contributed by atoms with van der Waals surface area (Å²) in [5.74, 6) is -0.811. The van der Waals surface area contributed by atoms with Crippen LogP contribution in [0.15, 0.2) is 12.3 Å². The minimum absolute atomic E-state index is 0.195. The molecule has 0 fully saturated rings. The summed E-state index contributed by atoms with van der Waals surface area (Å²) in [7, 11) is 0. The molecule has 1 heterocycles. The van der Waals surface area contributed by atoms with Crippen LogP contribution in [-0.4, -0.2) is 16.6 Å². The molecule has 100 valence electrons. The van der Waals surface area contributed by atoms with Gasteiger partial charge in [-0.05, 0) is 26.8 Å². The number of hydrogen-bond donors (Lipinski definition) is 0. The van der Waals surface area contributed by atoms with E-state index in [-0.39, 0.29) is 10.6 Å². The molecule has 1 aromatic heterocycles. The van der Waals surface area contributed by atoms with Gasteiger partial charge in [-0.2, -0.15) is 13.2 Å². The molecule has 0 bridgehead atoms. The average molecular weight is 282 g/mol. The van der Waals surface area contributed by atoms with Crippen molar-refractivity contribution in [2.45, 2.75) is 32.5 Å². The second-order valence-electron chi connectivity index (χ2n) is 4.55. The van der Waals surface area contributed by atoms with E-state index in [1.807, 2.05) is 0 Å². The van der Waals surface area contributed by atoms with Crippen molar-refractivity contribution in [3.8, 4) is 0 Å². The molecule has 1 rings (SSSR count). The number of ether oxygens (including phenoxy) is 1. The Hall–Kier alpha value is -1.30. The molecule has 0 aromatic carbocycles. The van der Waals surface area contributed by atoms with E-state index in [1.165, 1.54) is 0 Å². The zero-order valence-corrected chi connectivity index (χ0v) is 10.7. The number of carbonyl (C=O) groups excluding carboxylic acids is 1. The van der Waals surface area contributed by atoms with E-state index in [0.29, 0.717) is 6.07 Å². The molecule has 0 unspecified atom stereocenters. The fourth-order valence-corrected chi connectivity index (χ4v) is 1.30. The Labute approximate surface area is 107 Å². The van der Waals surface area contributed by atoms with Gasteiger partial charge in [-0.1, -0.05) is 11.6 Å². The molecule has 0 saturated heterocycles. The monoisotopic (exact) mass is 281 g/mol. The van der Waals surface area contributed by atoms with Crippen molar-refractivity contribution in [1.29, 1.82) is 0 Å². The summed E-state index contributed by atoms with van der Waals surface area (Å²) in [5.41, 5.74) is -2.11. The van der Waals surface area contributed by atoms with Crippen molar-refractivity contribution in [3.63, 3.8) is 0 Å². The number of hydrogen-bond acceptors (Lipinski definition) is 3. The topological polar surface area (TPSA) is 39.2 Å². The highest BCUT2D eigenvalue weighted by atomic mass is 35.5. The van der Waals surface area contributed by atoms with Gasteiger partial charge >= 0.3 is 12.1 Å². The Balaban J connectivity index is 3.03. The van der Waals surface area contributed by atoms with Crippen LogP contribution in [0.3, 0.4) is 0 Å². The van der Waals surface area contributed by atoms with E-state index in [2.05, 4.69) is 4.98 Å². The Bertz CT molecular complexity index is 466. The van der Waals surface area contributed by atoms with Crippen molar-refractivity contribution in [2.75, 3.05) is 0 Å². The number of nitrogens with zero attached hydrogens (tertiary/aromatic N) is 1. The number of esters is 1. The summed E-state index contributed by atoms with van der Waals surface area (Å²) in [6.45, 7) is 4.91. The van der Waals surface area contributed by atoms with E-state index in [0.717, 1.165) is 6.20 Å². The SMILES string of the molecule is CC(C)(C)OC(=O)c1cnc(C(F)(F)F)cc1Cl. The summed E-state index contributed by atoms with van der Waals surface area (Å²) < 4.78 is 42.0. The van der Waals surface area contributed by atoms with Gasteiger partial charge < -0.3 is 4.74 Å². The molecule has 0 N–H and O–H groups in total. The maximum atomic E-state index is 12.3. The summed E-state index contributed by atoms with van der Waals surface area (Å²) in [5, 5.41) is -0.341. The molecule has 0 saturated carbocycles. The third-order valence-corrected chi connectivity index (χ3v) is 2.08. The molecule has 0 amide bonds. The zero-order valence-electron chi connectivity index (χ0n) is 9.93. The van der Waals surface area contributed by atoms with Crippen molar-refractivity contribution in [2.24, 2.45) is 0 Å². The van der Waals surface area contributed by atoms with Crippen LogP contribution in [0, 0.1) is 0 Å². The summed E-state index contributed by atoms with van der Waals surface area (Å²) in [6.07, 6.45) is -3.84. The first-order chi connectivity index (χ1) is 8.00. The van der Waals surface area contributed by atoms with Crippen molar-refractivity contribution >= 4 is 17.6 Å². The van der Waals surface area contributed by atoms with Crippen LogP contribution in [-0.2, 0) is 10.9 Å². The molecular formula is C11H11ClF3NO2. The minimum atomic E-state index is -4.60. The third kappa shape index (κ3) is 3.87. The van der Waals surface area contributed by atoms with Gasteiger partial charge in [0.05, 0.1) is 10.6 Å². The van der Waals surface area contributed by atoms with Crippen LogP contribution in [0.4, 0.5) is 13.2 Å². The van der Waals surface area contributed by atoms with Gasteiger partial charge in [-0.15, -0.1) is 0 Å². The lowest BCUT2D eigenvalue weighted by molar-refractivity contribution is -0.141. The first-order valence-electron chi connectivity index (χ1n) is 4.97. The molecule has 1 aromatic rings. The quantitative estimate of drug-likeness (QED) is 0.737. The van der Waals surface area contributed by atoms with Gasteiger partial charge in [-0.25, -0.2) is 4.79 Å². The molecule has 18 heavy (non-hydrogen) atoms. The van der Waals surface area contributed by atoms with E-state index in [1.54, 1.807) is 20.8 Å². The molecule has 0 aliphatic heterocycles. The number of aromatic nitrogens is 1. The van der Waals surface area contributed by atoms with Crippen LogP contribution in [0.5, 0.6) is 0 Å². The first-order valence-corrected chi connectivity index (χ1v) is 5.34. The van der Waals surface area contributed by atoms with Gasteiger partial charge in [0.15, 0.2) is 0 Å². The van der Waals surface area contributed by atoms with Gasteiger partial charge in [0.1, 0.15) is 11.3 Å². The molecular weight excluding hydrogens is 271 g/mol. The highest BCUT2D eigenvalue weighted by Crippen LogP contribution is 2.30. The summed E-state index contributed by atoms with van der Waals surface area (Å²) >= 11 is 5.62. The van der Waals surface area contributed by atoms with Gasteiger partial charge in [0.2, 0.25) is 0 Å². The largest absolute Gasteiger partial charge is 0.456 e. The number of rotatable bonds is 1. The lowest BCUT2D eigenvalue weighted by atomic mass is 10.2. The lowest BCUT2D eigenvalue weighted by Gasteiger charge is -2.19. The van der Waals surface area contributed by atoms with E-state index >= 15 is 0 Å². The van der Waals surface area contributed by atoms with E-state index in [4.69, 9.17) is 16.3 Å². The predicted octanol–water partition coefficient (Wildman–Crippen LogP) is 3.71. The molecule has 7 heteroatoms. The second-order valence-corrected chi connectivity index (χ2v) is 4.96. The fraction of sp³-hybridized carbons (Fsp3) is 0.455. The van der Waals surface area contributed by atoms with Gasteiger partial charge in [0, 0.05) is 6.20 Å². The van der Waals surface area contributed by atoms with Crippen molar-refractivity contribution < 1.29 is 22.7 Å². The standard InChI is InChI=1S/C11H11ClF3NO2/c1-10(2,3)18-9(17)6-5-16-8(4-7(6)12)11(13,14)15/h4-5H,1-3H3. The van der Waals surface area contributed by atoms with Gasteiger partial charge in [0.25, 0.3) is 0 Å². The number of pyridine rings is 1. The maximum absolute atomic E-state index is 12.3. The number of alkyl halides is 3. The van der Waals surface area contributed by atoms with Crippen molar-refractivity contribution in [1.82, 2.24) is 4.98 Å². The highest BCUT2D eigenvalue weighted by molar-refractivity contribution is 6.33. The minimum Gasteiger partial charge on any atom is -0.456 e. The normalized spacial score (nSPS) is 12.4. The Morgan fingerprint density at radius 3 is 2.28 bits per heavy atom. The molecule has 0 aliphatic rings. The van der Waals surface area contributed by atoms with Crippen LogP contribution < -0.4 is 0 Å². The zero-order chi connectivity index (χ0) is 14.1. The van der Waals surface area contributed by atoms with E-state index < -0.39 is 23.4 Å². The van der Waals surface area contributed by atoms with Crippen LogP contribution in [0.2, 0.25) is 5.02 Å². The Morgan fingerprint density at radius 2 is 1.89 bits per heavy atom. The highest BCUT2D eigenvalue weighted by Gasteiger charge is 2.33. The van der Waals surface area contributed by atoms with Crippen LogP contribution in [0.1, 0.15) is 36.8 Å². The van der Waals surface area contributed by atoms with Crippen LogP contribution >= 0.6 is 11.6 Å². The Morgan fingerprint density at radius 1 is 1.33 bits per heavy atom. The maximum Gasteiger partial charge on any atom is 0.433 e. The molecule has 0 spiro atoms. The fourth-order valence-electron chi connectivity index (χ4n) is 1.07. The summed E-state index contributed by atoms with van der Waals surface area (Å²) in [6, 6.07) is 0.598. The number of halogens is 4. The lowest BCUT2D eigenvalue weighted by Crippen LogP contribution is -2.24. The molecule has 0 radical (unpaired) electrons. The van der Waals surface area contributed by atoms with Crippen molar-refractivity contribution in [3.05, 3.63) is 28.5 Å². The molecule has 3 nitrogen and oxygen atoms in total. The molecule has 0 atom stereocenters. The molecule has 0 aliphatic carbocycles. The summed E-state index contributed by atoms with van der Waals surface area (Å²) in [4.78, 5) is 14.8. The number of carbonyl (C=O) groups is 1. The Kier molecular flexibility index (Phi) is 3.90. The van der Waals surface area contributed by atoms with E-state index in [9.17, 15) is 18.0 Å².